The summed E-state index contributed by atoms with van der Waals surface area (Å²) in [5, 5.41) is 2.53. The molecule has 0 radical (unpaired) electrons. The Morgan fingerprint density at radius 3 is 2.59 bits per heavy atom. The lowest BCUT2D eigenvalue weighted by molar-refractivity contribution is -0.132. The monoisotopic (exact) mass is 304 g/mol. The number of rotatable bonds is 5. The van der Waals surface area contributed by atoms with Gasteiger partial charge in [-0.25, -0.2) is 0 Å². The first-order valence-corrected chi connectivity index (χ1v) is 7.70. The highest BCUT2D eigenvalue weighted by Crippen LogP contribution is 2.09. The van der Waals surface area contributed by atoms with Crippen molar-refractivity contribution < 1.29 is 9.59 Å². The minimum Gasteiger partial charge on any atom is -0.346 e. The van der Waals surface area contributed by atoms with Crippen LogP contribution < -0.4 is 11.1 Å². The van der Waals surface area contributed by atoms with Crippen molar-refractivity contribution in [1.82, 2.24) is 15.1 Å². The van der Waals surface area contributed by atoms with Gasteiger partial charge in [0.2, 0.25) is 11.8 Å². The highest BCUT2D eigenvalue weighted by atomic mass is 16.2. The quantitative estimate of drug-likeness (QED) is 0.789. The summed E-state index contributed by atoms with van der Waals surface area (Å²) in [5.74, 6) is -0.336. The van der Waals surface area contributed by atoms with E-state index in [1.54, 1.807) is 0 Å². The molecule has 0 aliphatic carbocycles. The topological polar surface area (TPSA) is 78.7 Å². The molecule has 120 valence electrons. The van der Waals surface area contributed by atoms with E-state index in [9.17, 15) is 9.59 Å². The van der Waals surface area contributed by atoms with Gasteiger partial charge in [0.15, 0.2) is 0 Å². The molecule has 1 aromatic rings. The summed E-state index contributed by atoms with van der Waals surface area (Å²) in [6.45, 7) is 4.13. The number of nitrogens with zero attached hydrogens (tertiary/aromatic N) is 2. The van der Waals surface area contributed by atoms with Gasteiger partial charge in [0.1, 0.15) is 0 Å². The van der Waals surface area contributed by atoms with Gasteiger partial charge in [-0.2, -0.15) is 0 Å². The molecule has 22 heavy (non-hydrogen) atoms. The Kier molecular flexibility index (Phi) is 6.36. The first-order valence-electron chi connectivity index (χ1n) is 7.70. The van der Waals surface area contributed by atoms with Crippen LogP contribution in [0.2, 0.25) is 0 Å². The zero-order chi connectivity index (χ0) is 15.8. The molecule has 1 aliphatic rings. The number of amides is 2. The van der Waals surface area contributed by atoms with Crippen LogP contribution in [-0.2, 0) is 16.1 Å². The van der Waals surface area contributed by atoms with Crippen LogP contribution in [0.5, 0.6) is 0 Å². The molecule has 0 spiro atoms. The predicted molar refractivity (Wildman–Crippen MR) is 85.0 cm³/mol. The molecule has 3 N–H and O–H groups in total. The number of carbonyl (C=O) groups excluding carboxylic acids is 2. The van der Waals surface area contributed by atoms with Crippen molar-refractivity contribution in [2.24, 2.45) is 5.73 Å². The van der Waals surface area contributed by atoms with Gasteiger partial charge in [0.05, 0.1) is 13.1 Å². The maximum atomic E-state index is 12.1. The normalized spacial score (nSPS) is 16.1. The lowest BCUT2D eigenvalue weighted by atomic mass is 10.2. The molecule has 2 rings (SSSR count). The van der Waals surface area contributed by atoms with Crippen molar-refractivity contribution in [3.63, 3.8) is 0 Å². The van der Waals surface area contributed by atoms with Crippen molar-refractivity contribution in [3.05, 3.63) is 35.9 Å². The van der Waals surface area contributed by atoms with Gasteiger partial charge < -0.3 is 16.0 Å². The molecule has 0 aromatic heterocycles. The third-order valence-electron chi connectivity index (χ3n) is 3.81. The lowest BCUT2D eigenvalue weighted by Crippen LogP contribution is -2.43. The van der Waals surface area contributed by atoms with E-state index in [4.69, 9.17) is 5.73 Å². The Hall–Kier alpha value is -1.92. The molecule has 1 heterocycles. The SMILES string of the molecule is NCC(=O)NCC(=O)N1CCCN(Cc2ccccc2)CC1. The van der Waals surface area contributed by atoms with E-state index in [2.05, 4.69) is 22.3 Å². The van der Waals surface area contributed by atoms with Gasteiger partial charge >= 0.3 is 0 Å². The molecule has 1 aromatic carbocycles. The summed E-state index contributed by atoms with van der Waals surface area (Å²) in [5.41, 5.74) is 6.50. The second kappa shape index (κ2) is 8.51. The summed E-state index contributed by atoms with van der Waals surface area (Å²) in [7, 11) is 0. The Bertz CT molecular complexity index is 492. The Balaban J connectivity index is 1.79. The van der Waals surface area contributed by atoms with Crippen molar-refractivity contribution in [1.29, 1.82) is 0 Å². The molecule has 6 heteroatoms. The lowest BCUT2D eigenvalue weighted by Gasteiger charge is -2.22. The second-order valence-electron chi connectivity index (χ2n) is 5.48. The molecule has 1 fully saturated rings. The van der Waals surface area contributed by atoms with Gasteiger partial charge in [-0.15, -0.1) is 0 Å². The minimum atomic E-state index is -0.297. The van der Waals surface area contributed by atoms with Crippen molar-refractivity contribution in [3.8, 4) is 0 Å². The van der Waals surface area contributed by atoms with E-state index < -0.39 is 0 Å². The number of nitrogens with two attached hydrogens (primary N) is 1. The van der Waals surface area contributed by atoms with E-state index >= 15 is 0 Å². The summed E-state index contributed by atoms with van der Waals surface area (Å²) in [6, 6.07) is 10.3. The van der Waals surface area contributed by atoms with E-state index in [0.717, 1.165) is 32.6 Å². The summed E-state index contributed by atoms with van der Waals surface area (Å²) >= 11 is 0. The fourth-order valence-electron chi connectivity index (χ4n) is 2.58. The molecule has 1 saturated heterocycles. The van der Waals surface area contributed by atoms with Crippen LogP contribution in [0.1, 0.15) is 12.0 Å². The van der Waals surface area contributed by atoms with E-state index in [0.29, 0.717) is 6.54 Å². The van der Waals surface area contributed by atoms with Gasteiger partial charge in [-0.1, -0.05) is 30.3 Å². The van der Waals surface area contributed by atoms with Crippen LogP contribution in [0.15, 0.2) is 30.3 Å². The first-order chi connectivity index (χ1) is 10.7. The van der Waals surface area contributed by atoms with Gasteiger partial charge in [-0.05, 0) is 12.0 Å². The second-order valence-corrected chi connectivity index (χ2v) is 5.48. The summed E-state index contributed by atoms with van der Waals surface area (Å²) < 4.78 is 0. The zero-order valence-corrected chi connectivity index (χ0v) is 12.8. The molecular formula is C16H24N4O2. The fourth-order valence-corrected chi connectivity index (χ4v) is 2.58. The standard InChI is InChI=1S/C16H24N4O2/c17-11-15(21)18-12-16(22)20-8-4-7-19(9-10-20)13-14-5-2-1-3-6-14/h1-3,5-6H,4,7-13,17H2,(H,18,21). The molecule has 2 amide bonds. The van der Waals surface area contributed by atoms with Gasteiger partial charge in [0, 0.05) is 32.7 Å². The van der Waals surface area contributed by atoms with Crippen LogP contribution in [0.25, 0.3) is 0 Å². The van der Waals surface area contributed by atoms with Crippen LogP contribution >= 0.6 is 0 Å². The number of nitrogens with one attached hydrogen (secondary N) is 1. The third-order valence-corrected chi connectivity index (χ3v) is 3.81. The largest absolute Gasteiger partial charge is 0.346 e. The average Bonchev–Trinajstić information content (AvgIpc) is 2.79. The smallest absolute Gasteiger partial charge is 0.242 e. The third kappa shape index (κ3) is 5.13. The predicted octanol–water partition coefficient (Wildman–Crippen LogP) is -0.204. The summed E-state index contributed by atoms with van der Waals surface area (Å²) in [4.78, 5) is 27.4. The molecule has 6 nitrogen and oxygen atoms in total. The van der Waals surface area contributed by atoms with Crippen molar-refractivity contribution in [2.75, 3.05) is 39.3 Å². The molecule has 0 saturated carbocycles. The highest BCUT2D eigenvalue weighted by Gasteiger charge is 2.19. The van der Waals surface area contributed by atoms with Gasteiger partial charge in [0.25, 0.3) is 0 Å². The average molecular weight is 304 g/mol. The Morgan fingerprint density at radius 1 is 1.09 bits per heavy atom. The minimum absolute atomic E-state index is 0.0364. The van der Waals surface area contributed by atoms with E-state index in [-0.39, 0.29) is 24.9 Å². The maximum Gasteiger partial charge on any atom is 0.242 e. The summed E-state index contributed by atoms with van der Waals surface area (Å²) in [6.07, 6.45) is 0.948. The highest BCUT2D eigenvalue weighted by molar-refractivity contribution is 5.85. The first kappa shape index (κ1) is 16.5. The van der Waals surface area contributed by atoms with Crippen LogP contribution in [0.3, 0.4) is 0 Å². The zero-order valence-electron chi connectivity index (χ0n) is 12.8. The van der Waals surface area contributed by atoms with Crippen LogP contribution in [-0.4, -0.2) is 60.9 Å². The molecule has 0 atom stereocenters. The molecule has 0 bridgehead atoms. The number of hydrogen-bond acceptors (Lipinski definition) is 4. The Morgan fingerprint density at radius 2 is 1.86 bits per heavy atom. The number of carbonyl (C=O) groups is 2. The van der Waals surface area contributed by atoms with Crippen LogP contribution in [0.4, 0.5) is 0 Å². The maximum absolute atomic E-state index is 12.1. The van der Waals surface area contributed by atoms with Crippen molar-refractivity contribution in [2.45, 2.75) is 13.0 Å². The van der Waals surface area contributed by atoms with E-state index in [1.165, 1.54) is 5.56 Å². The fraction of sp³-hybridized carbons (Fsp3) is 0.500. The van der Waals surface area contributed by atoms with Crippen molar-refractivity contribution >= 4 is 11.8 Å². The molecular weight excluding hydrogens is 280 g/mol. The number of hydrogen-bond donors (Lipinski definition) is 2. The van der Waals surface area contributed by atoms with E-state index in [1.807, 2.05) is 23.1 Å². The molecule has 1 aliphatic heterocycles. The number of benzene rings is 1. The van der Waals surface area contributed by atoms with Crippen LogP contribution in [0, 0.1) is 0 Å². The molecule has 0 unspecified atom stereocenters. The van der Waals surface area contributed by atoms with Gasteiger partial charge in [-0.3, -0.25) is 14.5 Å². The Labute approximate surface area is 131 Å².